The van der Waals surface area contributed by atoms with E-state index in [2.05, 4.69) is 27.9 Å². The van der Waals surface area contributed by atoms with Crippen molar-refractivity contribution in [2.24, 2.45) is 0 Å². The molecule has 1 aliphatic carbocycles. The SMILES string of the molecule is IC1CCNC2(CCC2)C1. The lowest BCUT2D eigenvalue weighted by Crippen LogP contribution is -2.55. The summed E-state index contributed by atoms with van der Waals surface area (Å²) in [5.41, 5.74) is 0.615. The normalized spacial score (nSPS) is 37.5. The average Bonchev–Trinajstić information content (AvgIpc) is 1.85. The summed E-state index contributed by atoms with van der Waals surface area (Å²) in [5, 5.41) is 3.66. The molecule has 0 radical (unpaired) electrons. The third kappa shape index (κ3) is 1.20. The molecule has 1 nitrogen and oxygen atoms in total. The number of hydrogen-bond donors (Lipinski definition) is 1. The highest BCUT2D eigenvalue weighted by atomic mass is 127. The lowest BCUT2D eigenvalue weighted by atomic mass is 9.72. The Labute approximate surface area is 76.1 Å². The second-order valence-electron chi connectivity index (χ2n) is 3.65. The molecule has 0 amide bonds. The Hall–Kier alpha value is 0.690. The van der Waals surface area contributed by atoms with Crippen LogP contribution in [-0.4, -0.2) is 16.0 Å². The van der Waals surface area contributed by atoms with E-state index in [1.165, 1.54) is 38.6 Å². The summed E-state index contributed by atoms with van der Waals surface area (Å²) >= 11 is 2.60. The molecule has 0 aromatic carbocycles. The van der Waals surface area contributed by atoms with E-state index < -0.39 is 0 Å². The standard InChI is InChI=1S/C8H14IN/c9-7-2-5-10-8(6-7)3-1-4-8/h7,10H,1-6H2. The molecule has 58 valence electrons. The Morgan fingerprint density at radius 2 is 2.20 bits per heavy atom. The number of piperidine rings is 1. The van der Waals surface area contributed by atoms with E-state index >= 15 is 0 Å². The molecule has 0 bridgehead atoms. The first-order valence-corrected chi connectivity index (χ1v) is 5.44. The van der Waals surface area contributed by atoms with Crippen LogP contribution in [0.5, 0.6) is 0 Å². The first-order chi connectivity index (χ1) is 4.81. The van der Waals surface area contributed by atoms with Crippen LogP contribution in [0.2, 0.25) is 0 Å². The quantitative estimate of drug-likeness (QED) is 0.513. The Morgan fingerprint density at radius 1 is 1.40 bits per heavy atom. The lowest BCUT2D eigenvalue weighted by Gasteiger charge is -2.47. The molecule has 0 aromatic rings. The van der Waals surface area contributed by atoms with Crippen LogP contribution in [0.1, 0.15) is 32.1 Å². The monoisotopic (exact) mass is 251 g/mol. The highest BCUT2D eigenvalue weighted by molar-refractivity contribution is 14.1. The second-order valence-corrected chi connectivity index (χ2v) is 5.41. The van der Waals surface area contributed by atoms with E-state index in [-0.39, 0.29) is 0 Å². The largest absolute Gasteiger partial charge is 0.311 e. The average molecular weight is 251 g/mol. The minimum Gasteiger partial charge on any atom is -0.311 e. The van der Waals surface area contributed by atoms with Crippen LogP contribution in [0.4, 0.5) is 0 Å². The van der Waals surface area contributed by atoms with Crippen molar-refractivity contribution >= 4 is 22.6 Å². The maximum atomic E-state index is 3.66. The molecule has 10 heavy (non-hydrogen) atoms. The molecule has 1 unspecified atom stereocenters. The summed E-state index contributed by atoms with van der Waals surface area (Å²) in [4.78, 5) is 0. The molecule has 1 heterocycles. The molecule has 2 rings (SSSR count). The fourth-order valence-electron chi connectivity index (χ4n) is 2.08. The van der Waals surface area contributed by atoms with E-state index in [0.29, 0.717) is 5.54 Å². The maximum Gasteiger partial charge on any atom is 0.0191 e. The van der Waals surface area contributed by atoms with E-state index in [1.54, 1.807) is 0 Å². The van der Waals surface area contributed by atoms with Gasteiger partial charge in [-0.25, -0.2) is 0 Å². The molecule has 2 fully saturated rings. The van der Waals surface area contributed by atoms with Crippen molar-refractivity contribution in [2.75, 3.05) is 6.54 Å². The Kier molecular flexibility index (Phi) is 1.93. The lowest BCUT2D eigenvalue weighted by molar-refractivity contribution is 0.149. The summed E-state index contributed by atoms with van der Waals surface area (Å²) < 4.78 is 0.944. The van der Waals surface area contributed by atoms with Crippen LogP contribution in [-0.2, 0) is 0 Å². The Morgan fingerprint density at radius 3 is 2.60 bits per heavy atom. The smallest absolute Gasteiger partial charge is 0.0191 e. The van der Waals surface area contributed by atoms with Crippen LogP contribution in [0.3, 0.4) is 0 Å². The van der Waals surface area contributed by atoms with Gasteiger partial charge in [-0.1, -0.05) is 22.6 Å². The summed E-state index contributed by atoms with van der Waals surface area (Å²) in [7, 11) is 0. The predicted octanol–water partition coefficient (Wildman–Crippen LogP) is 2.10. The molecule has 1 spiro atoms. The summed E-state index contributed by atoms with van der Waals surface area (Å²) in [6, 6.07) is 0. The van der Waals surface area contributed by atoms with Crippen molar-refractivity contribution in [1.29, 1.82) is 0 Å². The highest BCUT2D eigenvalue weighted by Gasteiger charge is 2.39. The number of hydrogen-bond acceptors (Lipinski definition) is 1. The zero-order valence-corrected chi connectivity index (χ0v) is 8.36. The number of rotatable bonds is 0. The molecule has 2 aliphatic rings. The van der Waals surface area contributed by atoms with Gasteiger partial charge in [-0.15, -0.1) is 0 Å². The molecule has 1 saturated heterocycles. The summed E-state index contributed by atoms with van der Waals surface area (Å²) in [6.07, 6.45) is 7.13. The molecular weight excluding hydrogens is 237 g/mol. The summed E-state index contributed by atoms with van der Waals surface area (Å²) in [6.45, 7) is 1.26. The van der Waals surface area contributed by atoms with Crippen LogP contribution in [0.15, 0.2) is 0 Å². The fraction of sp³-hybridized carbons (Fsp3) is 1.00. The van der Waals surface area contributed by atoms with Crippen molar-refractivity contribution < 1.29 is 0 Å². The second kappa shape index (κ2) is 2.63. The fourth-order valence-corrected chi connectivity index (χ4v) is 3.23. The van der Waals surface area contributed by atoms with Crippen molar-refractivity contribution in [3.63, 3.8) is 0 Å². The first-order valence-electron chi connectivity index (χ1n) is 4.20. The van der Waals surface area contributed by atoms with Gasteiger partial charge in [0.05, 0.1) is 0 Å². The molecule has 0 aromatic heterocycles. The topological polar surface area (TPSA) is 12.0 Å². The van der Waals surface area contributed by atoms with Gasteiger partial charge in [0.25, 0.3) is 0 Å². The molecular formula is C8H14IN. The molecule has 1 saturated carbocycles. The van der Waals surface area contributed by atoms with Crippen molar-refractivity contribution in [3.8, 4) is 0 Å². The first kappa shape index (κ1) is 7.35. The van der Waals surface area contributed by atoms with Gasteiger partial charge in [-0.05, 0) is 38.6 Å². The van der Waals surface area contributed by atoms with Gasteiger partial charge in [0.15, 0.2) is 0 Å². The zero-order valence-electron chi connectivity index (χ0n) is 6.20. The minimum absolute atomic E-state index is 0.615. The van der Waals surface area contributed by atoms with Crippen LogP contribution in [0.25, 0.3) is 0 Å². The van der Waals surface area contributed by atoms with Crippen LogP contribution in [0, 0.1) is 0 Å². The third-order valence-electron chi connectivity index (χ3n) is 2.88. The van der Waals surface area contributed by atoms with Gasteiger partial charge < -0.3 is 5.32 Å². The molecule has 2 heteroatoms. The number of alkyl halides is 1. The molecule has 1 atom stereocenters. The van der Waals surface area contributed by atoms with Gasteiger partial charge in [-0.3, -0.25) is 0 Å². The Bertz CT molecular complexity index is 131. The molecule has 1 aliphatic heterocycles. The van der Waals surface area contributed by atoms with Gasteiger partial charge in [0.1, 0.15) is 0 Å². The Balaban J connectivity index is 1.96. The van der Waals surface area contributed by atoms with Gasteiger partial charge >= 0.3 is 0 Å². The van der Waals surface area contributed by atoms with Gasteiger partial charge in [0.2, 0.25) is 0 Å². The third-order valence-corrected chi connectivity index (χ3v) is 3.94. The van der Waals surface area contributed by atoms with E-state index in [1.807, 2.05) is 0 Å². The summed E-state index contributed by atoms with van der Waals surface area (Å²) in [5.74, 6) is 0. The zero-order chi connectivity index (χ0) is 7.03. The molecule has 1 N–H and O–H groups in total. The van der Waals surface area contributed by atoms with Crippen molar-refractivity contribution in [3.05, 3.63) is 0 Å². The predicted molar refractivity (Wildman–Crippen MR) is 51.6 cm³/mol. The van der Waals surface area contributed by atoms with Crippen molar-refractivity contribution in [1.82, 2.24) is 5.32 Å². The van der Waals surface area contributed by atoms with Gasteiger partial charge in [0, 0.05) is 9.46 Å². The van der Waals surface area contributed by atoms with Crippen molar-refractivity contribution in [2.45, 2.75) is 41.6 Å². The van der Waals surface area contributed by atoms with Crippen LogP contribution < -0.4 is 5.32 Å². The van der Waals surface area contributed by atoms with E-state index in [0.717, 1.165) is 3.92 Å². The minimum atomic E-state index is 0.615. The number of nitrogens with one attached hydrogen (secondary N) is 1. The van der Waals surface area contributed by atoms with Gasteiger partial charge in [-0.2, -0.15) is 0 Å². The maximum absolute atomic E-state index is 3.66. The van der Waals surface area contributed by atoms with E-state index in [9.17, 15) is 0 Å². The highest BCUT2D eigenvalue weighted by Crippen LogP contribution is 2.40. The van der Waals surface area contributed by atoms with E-state index in [4.69, 9.17) is 0 Å². The number of halogens is 1. The van der Waals surface area contributed by atoms with Crippen LogP contribution >= 0.6 is 22.6 Å².